The number of carbonyl (C=O) groups is 1. The minimum absolute atomic E-state index is 0.0633. The largest absolute Gasteiger partial charge is 0.361 e. The van der Waals surface area contributed by atoms with Gasteiger partial charge < -0.3 is 4.98 Å². The van der Waals surface area contributed by atoms with Crippen molar-refractivity contribution in [1.29, 1.82) is 0 Å². The Morgan fingerprint density at radius 2 is 2.04 bits per heavy atom. The molecule has 0 radical (unpaired) electrons. The molecule has 1 heterocycles. The highest BCUT2D eigenvalue weighted by Gasteiger charge is 2.26. The molecule has 0 saturated carbocycles. The Morgan fingerprint density at radius 3 is 2.96 bits per heavy atom. The lowest BCUT2D eigenvalue weighted by Gasteiger charge is -2.13. The zero-order valence-corrected chi connectivity index (χ0v) is 13.6. The molecule has 3 heteroatoms. The van der Waals surface area contributed by atoms with Gasteiger partial charge >= 0.3 is 0 Å². The van der Waals surface area contributed by atoms with Crippen LogP contribution in [0, 0.1) is 5.92 Å². The maximum atomic E-state index is 12.9. The number of aromatic amines is 1. The number of benzene rings is 2. The number of aryl methyl sites for hydroxylation is 1. The molecule has 4 rings (SSSR count). The van der Waals surface area contributed by atoms with Crippen molar-refractivity contribution < 1.29 is 4.79 Å². The fourth-order valence-corrected chi connectivity index (χ4v) is 3.83. The van der Waals surface area contributed by atoms with Gasteiger partial charge in [0.25, 0.3) is 0 Å². The molecule has 23 heavy (non-hydrogen) atoms. The molecule has 116 valence electrons. The minimum atomic E-state index is 0.0633. The lowest BCUT2D eigenvalue weighted by molar-refractivity contribution is 0.0915. The average molecular weight is 324 g/mol. The molecule has 1 aliphatic rings. The molecule has 3 aromatic rings. The molecular formula is C20H18ClNO. The Labute approximate surface area is 140 Å². The number of H-pyrrole nitrogens is 1. The molecule has 1 aromatic heterocycles. The molecule has 0 unspecified atom stereocenters. The normalized spacial score (nSPS) is 18.0. The van der Waals surface area contributed by atoms with Crippen LogP contribution < -0.4 is 0 Å². The maximum Gasteiger partial charge on any atom is 0.166 e. The summed E-state index contributed by atoms with van der Waals surface area (Å²) >= 11 is 6.05. The average Bonchev–Trinajstić information content (AvgIpc) is 2.88. The summed E-state index contributed by atoms with van der Waals surface area (Å²) < 4.78 is 0. The van der Waals surface area contributed by atoms with Crippen molar-refractivity contribution in [2.24, 2.45) is 5.92 Å². The van der Waals surface area contributed by atoms with E-state index < -0.39 is 0 Å². The number of aromatic nitrogens is 1. The van der Waals surface area contributed by atoms with Crippen LogP contribution in [0.3, 0.4) is 0 Å². The van der Waals surface area contributed by atoms with Crippen LogP contribution in [0.2, 0.25) is 5.02 Å². The number of halogens is 1. The van der Waals surface area contributed by atoms with Crippen LogP contribution in [0.15, 0.2) is 48.7 Å². The highest BCUT2D eigenvalue weighted by Crippen LogP contribution is 2.30. The summed E-state index contributed by atoms with van der Waals surface area (Å²) in [6.45, 7) is 0. The van der Waals surface area contributed by atoms with Crippen molar-refractivity contribution in [3.05, 3.63) is 70.4 Å². The van der Waals surface area contributed by atoms with E-state index in [-0.39, 0.29) is 5.92 Å². The smallest absolute Gasteiger partial charge is 0.166 e. The first-order valence-electron chi connectivity index (χ1n) is 8.10. The third kappa shape index (κ3) is 2.68. The van der Waals surface area contributed by atoms with Crippen LogP contribution in [0.4, 0.5) is 0 Å². The van der Waals surface area contributed by atoms with Crippen molar-refractivity contribution in [3.63, 3.8) is 0 Å². The molecule has 1 N–H and O–H groups in total. The molecular weight excluding hydrogens is 306 g/mol. The first-order valence-corrected chi connectivity index (χ1v) is 8.48. The number of hydrogen-bond acceptors (Lipinski definition) is 1. The second-order valence-electron chi connectivity index (χ2n) is 6.32. The van der Waals surface area contributed by atoms with Crippen LogP contribution in [-0.2, 0) is 12.8 Å². The van der Waals surface area contributed by atoms with E-state index in [4.69, 9.17) is 11.6 Å². The predicted molar refractivity (Wildman–Crippen MR) is 94.2 cm³/mol. The summed E-state index contributed by atoms with van der Waals surface area (Å²) in [5.41, 5.74) is 4.35. The second kappa shape index (κ2) is 5.86. The molecule has 2 aromatic carbocycles. The van der Waals surface area contributed by atoms with Crippen molar-refractivity contribution in [1.82, 2.24) is 4.98 Å². The first kappa shape index (κ1) is 14.5. The van der Waals surface area contributed by atoms with Crippen LogP contribution >= 0.6 is 11.6 Å². The number of fused-ring (bicyclic) bond motifs is 2. The molecule has 0 amide bonds. The maximum absolute atomic E-state index is 12.9. The standard InChI is InChI=1S/C20H18ClNO/c21-16-8-9-17-15(12-22-19(17)11-16)10-14-6-3-5-13-4-1-2-7-18(13)20(14)23/h1-2,4,7-9,11-12,14,22H,3,5-6,10H2/t14-/m1/s1. The van der Waals surface area contributed by atoms with E-state index in [0.717, 1.165) is 41.8 Å². The van der Waals surface area contributed by atoms with E-state index in [2.05, 4.69) is 11.1 Å². The van der Waals surface area contributed by atoms with Crippen LogP contribution in [0.1, 0.15) is 34.3 Å². The van der Waals surface area contributed by atoms with Gasteiger partial charge in [-0.2, -0.15) is 0 Å². The SMILES string of the molecule is O=C1c2ccccc2CCC[C@@H]1Cc1c[nH]c2cc(Cl)ccc12. The van der Waals surface area contributed by atoms with Gasteiger partial charge in [0.05, 0.1) is 0 Å². The van der Waals surface area contributed by atoms with Gasteiger partial charge in [0.1, 0.15) is 0 Å². The Kier molecular flexibility index (Phi) is 3.70. The van der Waals surface area contributed by atoms with Gasteiger partial charge in [-0.15, -0.1) is 0 Å². The van der Waals surface area contributed by atoms with E-state index in [0.29, 0.717) is 5.78 Å². The van der Waals surface area contributed by atoms with Crippen molar-refractivity contribution >= 4 is 28.3 Å². The van der Waals surface area contributed by atoms with Gasteiger partial charge in [-0.25, -0.2) is 0 Å². The zero-order valence-electron chi connectivity index (χ0n) is 12.8. The quantitative estimate of drug-likeness (QED) is 0.646. The van der Waals surface area contributed by atoms with E-state index in [1.807, 2.05) is 42.6 Å². The fraction of sp³-hybridized carbons (Fsp3) is 0.250. The molecule has 1 atom stereocenters. The summed E-state index contributed by atoms with van der Waals surface area (Å²) in [5.74, 6) is 0.356. The number of ketones is 1. The molecule has 0 aliphatic heterocycles. The third-order valence-corrected chi connectivity index (χ3v) is 5.08. The van der Waals surface area contributed by atoms with Gasteiger partial charge in [-0.1, -0.05) is 41.9 Å². The topological polar surface area (TPSA) is 32.9 Å². The molecule has 0 bridgehead atoms. The fourth-order valence-electron chi connectivity index (χ4n) is 3.66. The summed E-state index contributed by atoms with van der Waals surface area (Å²) in [7, 11) is 0. The van der Waals surface area contributed by atoms with Gasteiger partial charge in [-0.05, 0) is 48.9 Å². The lowest BCUT2D eigenvalue weighted by atomic mass is 9.89. The van der Waals surface area contributed by atoms with E-state index in [9.17, 15) is 4.79 Å². The van der Waals surface area contributed by atoms with E-state index >= 15 is 0 Å². The monoisotopic (exact) mass is 323 g/mol. The van der Waals surface area contributed by atoms with Crippen LogP contribution in [-0.4, -0.2) is 10.8 Å². The summed E-state index contributed by atoms with van der Waals surface area (Å²) in [6.07, 6.45) is 5.83. The Bertz CT molecular complexity index is 880. The third-order valence-electron chi connectivity index (χ3n) is 4.85. The number of hydrogen-bond donors (Lipinski definition) is 1. The van der Waals surface area contributed by atoms with Crippen LogP contribution in [0.5, 0.6) is 0 Å². The molecule has 0 fully saturated rings. The highest BCUT2D eigenvalue weighted by atomic mass is 35.5. The molecule has 2 nitrogen and oxygen atoms in total. The first-order chi connectivity index (χ1) is 11.2. The van der Waals surface area contributed by atoms with E-state index in [1.54, 1.807) is 0 Å². The number of Topliss-reactive ketones (excluding diaryl/α,β-unsaturated/α-hetero) is 1. The van der Waals surface area contributed by atoms with Gasteiger partial charge in [0.2, 0.25) is 0 Å². The van der Waals surface area contributed by atoms with Gasteiger partial charge in [0, 0.05) is 33.6 Å². The molecule has 0 saturated heterocycles. The lowest BCUT2D eigenvalue weighted by Crippen LogP contribution is -2.16. The Morgan fingerprint density at radius 1 is 1.17 bits per heavy atom. The number of nitrogens with one attached hydrogen (secondary N) is 1. The summed E-state index contributed by atoms with van der Waals surface area (Å²) in [4.78, 5) is 16.2. The highest BCUT2D eigenvalue weighted by molar-refractivity contribution is 6.31. The molecule has 0 spiro atoms. The number of carbonyl (C=O) groups excluding carboxylic acids is 1. The Balaban J connectivity index is 1.66. The zero-order chi connectivity index (χ0) is 15.8. The second-order valence-corrected chi connectivity index (χ2v) is 6.75. The summed E-state index contributed by atoms with van der Waals surface area (Å²) in [5, 5.41) is 1.89. The minimum Gasteiger partial charge on any atom is -0.361 e. The van der Waals surface area contributed by atoms with Gasteiger partial charge in [-0.3, -0.25) is 4.79 Å². The van der Waals surface area contributed by atoms with Crippen molar-refractivity contribution in [3.8, 4) is 0 Å². The van der Waals surface area contributed by atoms with E-state index in [1.165, 1.54) is 16.5 Å². The van der Waals surface area contributed by atoms with Crippen LogP contribution in [0.25, 0.3) is 10.9 Å². The predicted octanol–water partition coefficient (Wildman–Crippen LogP) is 5.20. The van der Waals surface area contributed by atoms with Crippen molar-refractivity contribution in [2.75, 3.05) is 0 Å². The van der Waals surface area contributed by atoms with Gasteiger partial charge in [0.15, 0.2) is 5.78 Å². The Hall–Kier alpha value is -2.06. The summed E-state index contributed by atoms with van der Waals surface area (Å²) in [6, 6.07) is 13.9. The van der Waals surface area contributed by atoms with Crippen molar-refractivity contribution in [2.45, 2.75) is 25.7 Å². The number of rotatable bonds is 2. The molecule has 1 aliphatic carbocycles.